The third-order valence-corrected chi connectivity index (χ3v) is 5.72. The van der Waals surface area contributed by atoms with E-state index in [0.717, 1.165) is 18.9 Å². The zero-order valence-corrected chi connectivity index (χ0v) is 15.9. The van der Waals surface area contributed by atoms with E-state index in [9.17, 15) is 8.42 Å². The highest BCUT2D eigenvalue weighted by molar-refractivity contribution is 7.88. The summed E-state index contributed by atoms with van der Waals surface area (Å²) in [6.45, 7) is 2.75. The summed E-state index contributed by atoms with van der Waals surface area (Å²) >= 11 is 5.81. The molecule has 1 aliphatic heterocycles. The van der Waals surface area contributed by atoms with Gasteiger partial charge in [0, 0.05) is 37.3 Å². The predicted octanol–water partition coefficient (Wildman–Crippen LogP) is 2.26. The lowest BCUT2D eigenvalue weighted by atomic mass is 10.2. The topological polar surface area (TPSA) is 87.2 Å². The maximum Gasteiger partial charge on any atom is 0.215 e. The Morgan fingerprint density at radius 3 is 2.54 bits per heavy atom. The van der Waals surface area contributed by atoms with Gasteiger partial charge in [0.25, 0.3) is 0 Å². The van der Waals surface area contributed by atoms with Crippen LogP contribution in [0.1, 0.15) is 18.4 Å². The van der Waals surface area contributed by atoms with Gasteiger partial charge in [0.15, 0.2) is 0 Å². The largest absolute Gasteiger partial charge is 0.369 e. The van der Waals surface area contributed by atoms with Crippen LogP contribution in [0.15, 0.2) is 36.7 Å². The minimum absolute atomic E-state index is 0.0726. The second kappa shape index (κ2) is 8.66. The van der Waals surface area contributed by atoms with Crippen molar-refractivity contribution >= 4 is 33.3 Å². The molecule has 1 fully saturated rings. The van der Waals surface area contributed by atoms with E-state index in [1.165, 1.54) is 19.2 Å². The maximum atomic E-state index is 12.1. The molecule has 2 heterocycles. The molecule has 1 saturated heterocycles. The monoisotopic (exact) mass is 395 g/mol. The number of hydrogen-bond acceptors (Lipinski definition) is 6. The highest BCUT2D eigenvalue weighted by atomic mass is 35.5. The minimum Gasteiger partial charge on any atom is -0.369 e. The Balaban J connectivity index is 1.46. The zero-order valence-electron chi connectivity index (χ0n) is 14.4. The summed E-state index contributed by atoms with van der Waals surface area (Å²) in [5.74, 6) is 1.53. The lowest BCUT2D eigenvalue weighted by molar-refractivity contribution is 0.582. The van der Waals surface area contributed by atoms with Crippen LogP contribution in [0.3, 0.4) is 0 Å². The van der Waals surface area contributed by atoms with Crippen LogP contribution in [0.5, 0.6) is 0 Å². The Labute approximate surface area is 158 Å². The van der Waals surface area contributed by atoms with E-state index in [-0.39, 0.29) is 12.3 Å². The van der Waals surface area contributed by atoms with Gasteiger partial charge in [-0.25, -0.2) is 23.1 Å². The third kappa shape index (κ3) is 5.55. The molecule has 1 aromatic heterocycles. The number of hydrogen-bond donors (Lipinski definition) is 2. The van der Waals surface area contributed by atoms with Crippen molar-refractivity contribution < 1.29 is 8.42 Å². The first kappa shape index (κ1) is 18.9. The molecule has 0 amide bonds. The van der Waals surface area contributed by atoms with Crippen LogP contribution in [0.25, 0.3) is 0 Å². The van der Waals surface area contributed by atoms with Crippen LogP contribution >= 0.6 is 11.6 Å². The van der Waals surface area contributed by atoms with E-state index >= 15 is 0 Å². The third-order valence-electron chi connectivity index (χ3n) is 4.11. The second-order valence-electron chi connectivity index (χ2n) is 6.16. The quantitative estimate of drug-likeness (QED) is 0.666. The number of anilines is 2. The van der Waals surface area contributed by atoms with E-state index in [1.807, 2.05) is 6.07 Å². The van der Waals surface area contributed by atoms with E-state index in [0.29, 0.717) is 22.9 Å². The fourth-order valence-corrected chi connectivity index (χ4v) is 4.08. The SMILES string of the molecule is O=S(=O)(Cc1ccc(Cl)cc1)NCCNc1cc(N2CCCC2)ncn1. The molecule has 3 rings (SSSR count). The van der Waals surface area contributed by atoms with E-state index in [1.54, 1.807) is 24.3 Å². The maximum absolute atomic E-state index is 12.1. The standard InChI is InChI=1S/C17H22ClN5O2S/c18-15-5-3-14(4-6-15)12-26(24,25)22-8-7-19-16-11-17(21-13-20-16)23-9-1-2-10-23/h3-6,11,13,22H,1-2,7-10,12H2,(H,19,20,21). The molecule has 140 valence electrons. The van der Waals surface area contributed by atoms with Crippen molar-refractivity contribution in [1.29, 1.82) is 0 Å². The van der Waals surface area contributed by atoms with Crippen LogP contribution in [0.4, 0.5) is 11.6 Å². The predicted molar refractivity (Wildman–Crippen MR) is 104 cm³/mol. The second-order valence-corrected chi connectivity index (χ2v) is 8.41. The van der Waals surface area contributed by atoms with Gasteiger partial charge in [-0.3, -0.25) is 0 Å². The molecule has 2 N–H and O–H groups in total. The summed E-state index contributed by atoms with van der Waals surface area (Å²) in [6.07, 6.45) is 3.89. The Kier molecular flexibility index (Phi) is 6.29. The molecule has 7 nitrogen and oxygen atoms in total. The summed E-state index contributed by atoms with van der Waals surface area (Å²) in [4.78, 5) is 10.7. The highest BCUT2D eigenvalue weighted by Crippen LogP contribution is 2.19. The molecular weight excluding hydrogens is 374 g/mol. The first-order valence-corrected chi connectivity index (χ1v) is 10.6. The van der Waals surface area contributed by atoms with Gasteiger partial charge in [-0.05, 0) is 30.5 Å². The van der Waals surface area contributed by atoms with Gasteiger partial charge >= 0.3 is 0 Å². The van der Waals surface area contributed by atoms with Crippen LogP contribution < -0.4 is 14.9 Å². The highest BCUT2D eigenvalue weighted by Gasteiger charge is 2.14. The van der Waals surface area contributed by atoms with Gasteiger partial charge in [0.2, 0.25) is 10.0 Å². The summed E-state index contributed by atoms with van der Waals surface area (Å²) in [7, 11) is -3.40. The van der Waals surface area contributed by atoms with Gasteiger partial charge in [-0.2, -0.15) is 0 Å². The van der Waals surface area contributed by atoms with Gasteiger partial charge < -0.3 is 10.2 Å². The van der Waals surface area contributed by atoms with Gasteiger partial charge in [-0.1, -0.05) is 23.7 Å². The van der Waals surface area contributed by atoms with Crippen molar-refractivity contribution in [2.24, 2.45) is 0 Å². The number of sulfonamides is 1. The summed E-state index contributed by atoms with van der Waals surface area (Å²) in [5, 5.41) is 3.71. The van der Waals surface area contributed by atoms with E-state index in [4.69, 9.17) is 11.6 Å². The number of nitrogens with zero attached hydrogens (tertiary/aromatic N) is 3. The Bertz CT molecular complexity index is 823. The first-order chi connectivity index (χ1) is 12.5. The fraction of sp³-hybridized carbons (Fsp3) is 0.412. The first-order valence-electron chi connectivity index (χ1n) is 8.54. The van der Waals surface area contributed by atoms with E-state index < -0.39 is 10.0 Å². The molecule has 0 atom stereocenters. The average Bonchev–Trinajstić information content (AvgIpc) is 3.16. The van der Waals surface area contributed by atoms with Crippen LogP contribution in [-0.4, -0.2) is 44.6 Å². The number of rotatable bonds is 8. The average molecular weight is 396 g/mol. The van der Waals surface area contributed by atoms with Crippen LogP contribution in [0, 0.1) is 0 Å². The van der Waals surface area contributed by atoms with Crippen LogP contribution in [0.2, 0.25) is 5.02 Å². The normalized spacial score (nSPS) is 14.6. The molecule has 0 radical (unpaired) electrons. The van der Waals surface area contributed by atoms with Gasteiger partial charge in [0.1, 0.15) is 18.0 Å². The van der Waals surface area contributed by atoms with Crippen molar-refractivity contribution in [1.82, 2.24) is 14.7 Å². The van der Waals surface area contributed by atoms with Crippen molar-refractivity contribution in [3.63, 3.8) is 0 Å². The summed E-state index contributed by atoms with van der Waals surface area (Å²) in [6, 6.07) is 8.68. The Morgan fingerprint density at radius 1 is 1.08 bits per heavy atom. The Morgan fingerprint density at radius 2 is 1.81 bits per heavy atom. The molecule has 0 saturated carbocycles. The molecule has 0 spiro atoms. The minimum atomic E-state index is -3.40. The number of aromatic nitrogens is 2. The molecule has 9 heteroatoms. The number of benzene rings is 1. The number of nitrogens with one attached hydrogen (secondary N) is 2. The molecule has 0 bridgehead atoms. The van der Waals surface area contributed by atoms with Crippen LogP contribution in [-0.2, 0) is 15.8 Å². The molecule has 26 heavy (non-hydrogen) atoms. The molecule has 0 unspecified atom stereocenters. The van der Waals surface area contributed by atoms with Crippen molar-refractivity contribution in [3.8, 4) is 0 Å². The van der Waals surface area contributed by atoms with Gasteiger partial charge in [0.05, 0.1) is 5.75 Å². The lowest BCUT2D eigenvalue weighted by Gasteiger charge is -2.16. The zero-order chi connectivity index (χ0) is 18.4. The Hall–Kier alpha value is -1.90. The van der Waals surface area contributed by atoms with E-state index in [2.05, 4.69) is 24.9 Å². The summed E-state index contributed by atoms with van der Waals surface area (Å²) < 4.78 is 26.8. The fourth-order valence-electron chi connectivity index (χ4n) is 2.81. The molecule has 1 aliphatic rings. The van der Waals surface area contributed by atoms with Crippen molar-refractivity contribution in [3.05, 3.63) is 47.2 Å². The van der Waals surface area contributed by atoms with Crippen molar-refractivity contribution in [2.45, 2.75) is 18.6 Å². The molecule has 2 aromatic rings. The summed E-state index contributed by atoms with van der Waals surface area (Å²) in [5.41, 5.74) is 0.695. The smallest absolute Gasteiger partial charge is 0.215 e. The molecule has 1 aromatic carbocycles. The van der Waals surface area contributed by atoms with Gasteiger partial charge in [-0.15, -0.1) is 0 Å². The lowest BCUT2D eigenvalue weighted by Crippen LogP contribution is -2.30. The molecular formula is C17H22ClN5O2S. The molecule has 0 aliphatic carbocycles. The van der Waals surface area contributed by atoms with Crippen molar-refractivity contribution in [2.75, 3.05) is 36.4 Å². The number of halogens is 1.